The van der Waals surface area contributed by atoms with Gasteiger partial charge in [0.2, 0.25) is 0 Å². The second-order valence-corrected chi connectivity index (χ2v) is 6.05. The van der Waals surface area contributed by atoms with Crippen molar-refractivity contribution in [2.75, 3.05) is 12.8 Å². The van der Waals surface area contributed by atoms with Crippen LogP contribution >= 0.6 is 22.7 Å². The van der Waals surface area contributed by atoms with E-state index in [-0.39, 0.29) is 5.97 Å². The lowest BCUT2D eigenvalue weighted by molar-refractivity contribution is 0.0607. The van der Waals surface area contributed by atoms with Crippen LogP contribution in [-0.4, -0.2) is 13.1 Å². The van der Waals surface area contributed by atoms with Crippen molar-refractivity contribution >= 4 is 34.3 Å². The number of rotatable bonds is 2. The van der Waals surface area contributed by atoms with Crippen molar-refractivity contribution in [2.24, 2.45) is 0 Å². The van der Waals surface area contributed by atoms with Gasteiger partial charge in [-0.3, -0.25) is 0 Å². The maximum absolute atomic E-state index is 11.5. The van der Waals surface area contributed by atoms with Gasteiger partial charge >= 0.3 is 5.97 Å². The Bertz CT molecular complexity index is 569. The molecular weight excluding hydrogens is 254 g/mol. The number of hydrogen-bond donors (Lipinski definition) is 1. The summed E-state index contributed by atoms with van der Waals surface area (Å²) in [6, 6.07) is 2.10. The van der Waals surface area contributed by atoms with Crippen LogP contribution in [0.5, 0.6) is 0 Å². The number of nitrogens with two attached hydrogens (primary N) is 1. The number of ether oxygens (including phenoxy) is 1. The van der Waals surface area contributed by atoms with Gasteiger partial charge in [0, 0.05) is 20.7 Å². The quantitative estimate of drug-likeness (QED) is 0.848. The summed E-state index contributed by atoms with van der Waals surface area (Å²) in [5.74, 6) is -0.372. The molecular formula is C12H13NO2S2. The third-order valence-corrected chi connectivity index (χ3v) is 4.47. The zero-order valence-corrected chi connectivity index (χ0v) is 11.5. The fourth-order valence-electron chi connectivity index (χ4n) is 1.72. The third-order valence-electron chi connectivity index (χ3n) is 2.53. The van der Waals surface area contributed by atoms with E-state index in [2.05, 4.69) is 19.9 Å². The van der Waals surface area contributed by atoms with E-state index < -0.39 is 0 Å². The standard InChI is InChI=1S/C12H13NO2S2/c1-6-4-8(7(2)17-6)9-5-16-11(10(9)13)12(14)15-3/h4-5H,13H2,1-3H3. The molecule has 17 heavy (non-hydrogen) atoms. The zero-order valence-electron chi connectivity index (χ0n) is 9.87. The van der Waals surface area contributed by atoms with Crippen molar-refractivity contribution in [3.63, 3.8) is 0 Å². The minimum Gasteiger partial charge on any atom is -0.465 e. The summed E-state index contributed by atoms with van der Waals surface area (Å²) in [5.41, 5.74) is 8.56. The zero-order chi connectivity index (χ0) is 12.6. The Hall–Kier alpha value is -1.33. The minimum absolute atomic E-state index is 0.372. The summed E-state index contributed by atoms with van der Waals surface area (Å²) in [6.45, 7) is 4.12. The van der Waals surface area contributed by atoms with Gasteiger partial charge in [-0.1, -0.05) is 0 Å². The van der Waals surface area contributed by atoms with Crippen LogP contribution in [0.4, 0.5) is 5.69 Å². The minimum atomic E-state index is -0.372. The van der Waals surface area contributed by atoms with Gasteiger partial charge in [-0.25, -0.2) is 4.79 Å². The molecule has 0 unspecified atom stereocenters. The van der Waals surface area contributed by atoms with E-state index in [9.17, 15) is 4.79 Å². The second kappa shape index (κ2) is 4.50. The van der Waals surface area contributed by atoms with Gasteiger partial charge in [-0.05, 0) is 25.5 Å². The molecule has 0 spiro atoms. The normalized spacial score (nSPS) is 10.5. The van der Waals surface area contributed by atoms with E-state index in [0.717, 1.165) is 11.1 Å². The van der Waals surface area contributed by atoms with Crippen molar-refractivity contribution < 1.29 is 9.53 Å². The van der Waals surface area contributed by atoms with Gasteiger partial charge in [-0.15, -0.1) is 22.7 Å². The van der Waals surface area contributed by atoms with E-state index in [0.29, 0.717) is 10.6 Å². The predicted octanol–water partition coefficient (Wildman–Crippen LogP) is 3.46. The van der Waals surface area contributed by atoms with Gasteiger partial charge < -0.3 is 10.5 Å². The topological polar surface area (TPSA) is 52.3 Å². The molecule has 0 saturated heterocycles. The van der Waals surface area contributed by atoms with Crippen molar-refractivity contribution in [3.8, 4) is 11.1 Å². The molecule has 0 bridgehead atoms. The number of nitrogen functional groups attached to an aromatic ring is 1. The Morgan fingerprint density at radius 2 is 2.06 bits per heavy atom. The summed E-state index contributed by atoms with van der Waals surface area (Å²) in [5, 5.41) is 1.91. The lowest BCUT2D eigenvalue weighted by Crippen LogP contribution is -2.02. The lowest BCUT2D eigenvalue weighted by atomic mass is 10.1. The highest BCUT2D eigenvalue weighted by atomic mass is 32.1. The summed E-state index contributed by atoms with van der Waals surface area (Å²) in [6.07, 6.45) is 0. The highest BCUT2D eigenvalue weighted by Crippen LogP contribution is 2.38. The first-order chi connectivity index (χ1) is 8.04. The largest absolute Gasteiger partial charge is 0.465 e. The smallest absolute Gasteiger partial charge is 0.350 e. The molecule has 0 aromatic carbocycles. The summed E-state index contributed by atoms with van der Waals surface area (Å²) in [7, 11) is 1.36. The molecule has 0 aliphatic heterocycles. The molecule has 3 nitrogen and oxygen atoms in total. The van der Waals surface area contributed by atoms with Crippen LogP contribution in [0.15, 0.2) is 11.4 Å². The van der Waals surface area contributed by atoms with Crippen LogP contribution in [0, 0.1) is 13.8 Å². The molecule has 2 N–H and O–H groups in total. The average Bonchev–Trinajstić information content (AvgIpc) is 2.81. The second-order valence-electron chi connectivity index (χ2n) is 3.71. The number of carbonyl (C=O) groups excluding carboxylic acids is 1. The molecule has 2 aromatic rings. The maximum Gasteiger partial charge on any atom is 0.350 e. The van der Waals surface area contributed by atoms with Crippen LogP contribution < -0.4 is 5.73 Å². The van der Waals surface area contributed by atoms with Gasteiger partial charge in [0.15, 0.2) is 0 Å². The average molecular weight is 267 g/mol. The molecule has 2 heterocycles. The molecule has 2 aromatic heterocycles. The first-order valence-corrected chi connectivity index (χ1v) is 6.77. The number of anilines is 1. The Balaban J connectivity index is 2.51. The molecule has 0 atom stereocenters. The van der Waals surface area contributed by atoms with Gasteiger partial charge in [0.25, 0.3) is 0 Å². The molecule has 0 fully saturated rings. The third kappa shape index (κ3) is 2.08. The molecule has 5 heteroatoms. The van der Waals surface area contributed by atoms with Crippen molar-refractivity contribution in [2.45, 2.75) is 13.8 Å². The Kier molecular flexibility index (Phi) is 3.22. The molecule has 0 amide bonds. The van der Waals surface area contributed by atoms with E-state index >= 15 is 0 Å². The fourth-order valence-corrected chi connectivity index (χ4v) is 3.57. The highest BCUT2D eigenvalue weighted by Gasteiger charge is 2.18. The fraction of sp³-hybridized carbons (Fsp3) is 0.250. The van der Waals surface area contributed by atoms with Crippen LogP contribution in [0.1, 0.15) is 19.4 Å². The number of methoxy groups -OCH3 is 1. The number of hydrogen-bond acceptors (Lipinski definition) is 5. The van der Waals surface area contributed by atoms with Gasteiger partial charge in [0.1, 0.15) is 4.88 Å². The van der Waals surface area contributed by atoms with E-state index in [1.165, 1.54) is 28.2 Å². The summed E-state index contributed by atoms with van der Waals surface area (Å²) >= 11 is 3.06. The SMILES string of the molecule is COC(=O)c1scc(-c2cc(C)sc2C)c1N. The van der Waals surface area contributed by atoms with E-state index in [1.54, 1.807) is 11.3 Å². The Morgan fingerprint density at radius 1 is 1.35 bits per heavy atom. The molecule has 0 radical (unpaired) electrons. The first-order valence-electron chi connectivity index (χ1n) is 5.07. The number of aryl methyl sites for hydroxylation is 2. The monoisotopic (exact) mass is 267 g/mol. The molecule has 0 aliphatic rings. The summed E-state index contributed by atoms with van der Waals surface area (Å²) in [4.78, 5) is 14.4. The van der Waals surface area contributed by atoms with Crippen LogP contribution in [-0.2, 0) is 4.74 Å². The number of thiophene rings is 2. The first kappa shape index (κ1) is 12.1. The van der Waals surface area contributed by atoms with E-state index in [1.807, 2.05) is 5.38 Å². The molecule has 90 valence electrons. The maximum atomic E-state index is 11.5. The molecule has 2 rings (SSSR count). The Morgan fingerprint density at radius 3 is 2.59 bits per heavy atom. The van der Waals surface area contributed by atoms with Crippen molar-refractivity contribution in [3.05, 3.63) is 26.1 Å². The van der Waals surface area contributed by atoms with Crippen molar-refractivity contribution in [1.82, 2.24) is 0 Å². The lowest BCUT2D eigenvalue weighted by Gasteiger charge is -2.00. The van der Waals surface area contributed by atoms with Crippen LogP contribution in [0.3, 0.4) is 0 Å². The summed E-state index contributed by atoms with van der Waals surface area (Å²) < 4.78 is 4.70. The van der Waals surface area contributed by atoms with E-state index in [4.69, 9.17) is 10.5 Å². The van der Waals surface area contributed by atoms with Crippen molar-refractivity contribution in [1.29, 1.82) is 0 Å². The highest BCUT2D eigenvalue weighted by molar-refractivity contribution is 7.13. The Labute approximate surface area is 108 Å². The van der Waals surface area contributed by atoms with Gasteiger partial charge in [-0.2, -0.15) is 0 Å². The molecule has 0 aliphatic carbocycles. The van der Waals surface area contributed by atoms with Crippen LogP contribution in [0.2, 0.25) is 0 Å². The van der Waals surface area contributed by atoms with Crippen LogP contribution in [0.25, 0.3) is 11.1 Å². The predicted molar refractivity (Wildman–Crippen MR) is 72.9 cm³/mol. The number of carbonyl (C=O) groups is 1. The number of esters is 1. The molecule has 0 saturated carbocycles. The van der Waals surface area contributed by atoms with Gasteiger partial charge in [0.05, 0.1) is 12.8 Å².